The van der Waals surface area contributed by atoms with Crippen molar-refractivity contribution >= 4 is 5.97 Å². The number of carbonyl (C=O) groups is 1. The summed E-state index contributed by atoms with van der Waals surface area (Å²) in [7, 11) is 1.43. The van der Waals surface area contributed by atoms with E-state index in [0.29, 0.717) is 13.9 Å². The van der Waals surface area contributed by atoms with Gasteiger partial charge >= 0.3 is 5.97 Å². The van der Waals surface area contributed by atoms with E-state index in [1.54, 1.807) is 0 Å². The van der Waals surface area contributed by atoms with Crippen LogP contribution in [0, 0.1) is 5.41 Å². The Morgan fingerprint density at radius 1 is 0.531 bits per heavy atom. The summed E-state index contributed by atoms with van der Waals surface area (Å²) in [5.41, 5.74) is -1.05. The molecular formula is C24H54N3O5+3. The fraction of sp³-hybridized carbons (Fsp3) is 0.958. The molecule has 0 aliphatic carbocycles. The molecule has 0 unspecified atom stereocenters. The molecule has 0 saturated carbocycles. The summed E-state index contributed by atoms with van der Waals surface area (Å²) >= 11 is 0. The number of ether oxygens (including phenoxy) is 1. The molecule has 32 heavy (non-hydrogen) atoms. The predicted octanol–water partition coefficient (Wildman–Crippen LogP) is 3.57. The summed E-state index contributed by atoms with van der Waals surface area (Å²) in [5.74, 6) is -0.346. The highest BCUT2D eigenvalue weighted by Crippen LogP contribution is 2.28. The van der Waals surface area contributed by atoms with Crippen LogP contribution in [-0.4, -0.2) is 106 Å². The Hall–Kier alpha value is -0.770. The largest absolute Gasteiger partial charge is 0.468 e. The van der Waals surface area contributed by atoms with Gasteiger partial charge in [-0.3, -0.25) is 4.79 Å². The minimum Gasteiger partial charge on any atom is -0.468 e. The van der Waals surface area contributed by atoms with Gasteiger partial charge in [0.15, 0.2) is 5.41 Å². The number of hydrogen-bond acceptors (Lipinski definition) is 5. The molecule has 0 bridgehead atoms. The average Bonchev–Trinajstić information content (AvgIpc) is 2.86. The van der Waals surface area contributed by atoms with Crippen LogP contribution >= 0.6 is 0 Å². The van der Waals surface area contributed by atoms with Gasteiger partial charge in [-0.05, 0) is 62.3 Å². The normalized spacial score (nSPS) is 13.4. The molecule has 8 heteroatoms. The summed E-state index contributed by atoms with van der Waals surface area (Å²) in [6.07, 6.45) is 0. The van der Waals surface area contributed by atoms with Crippen LogP contribution in [0.5, 0.6) is 0 Å². The van der Waals surface area contributed by atoms with Gasteiger partial charge in [-0.25, -0.2) is 14.5 Å². The summed E-state index contributed by atoms with van der Waals surface area (Å²) < 4.78 is 6.74. The van der Waals surface area contributed by atoms with Crippen LogP contribution in [0.1, 0.15) is 62.3 Å². The third kappa shape index (κ3) is 7.64. The van der Waals surface area contributed by atoms with E-state index >= 15 is 0 Å². The number of hydrogen-bond donors (Lipinski definition) is 0. The third-order valence-electron chi connectivity index (χ3n) is 7.65. The van der Waals surface area contributed by atoms with E-state index in [-0.39, 0.29) is 25.8 Å². The molecule has 192 valence electrons. The van der Waals surface area contributed by atoms with Gasteiger partial charge in [0, 0.05) is 0 Å². The fourth-order valence-corrected chi connectivity index (χ4v) is 4.13. The molecule has 8 nitrogen and oxygen atoms in total. The molecule has 0 atom stereocenters. The number of nitrogens with zero attached hydrogens (tertiary/aromatic N) is 3. The molecule has 0 fully saturated rings. The lowest BCUT2D eigenvalue weighted by Crippen LogP contribution is -2.58. The molecule has 0 aromatic rings. The van der Waals surface area contributed by atoms with Gasteiger partial charge in [-0.1, -0.05) is 0 Å². The van der Waals surface area contributed by atoms with Crippen LogP contribution in [-0.2, 0) is 24.0 Å². The van der Waals surface area contributed by atoms with Gasteiger partial charge in [-0.15, -0.1) is 0 Å². The van der Waals surface area contributed by atoms with Gasteiger partial charge < -0.3 is 4.74 Å². The van der Waals surface area contributed by atoms with Crippen molar-refractivity contribution in [2.24, 2.45) is 5.41 Å². The van der Waals surface area contributed by atoms with Gasteiger partial charge in [0.2, 0.25) is 0 Å². The lowest BCUT2D eigenvalue weighted by molar-refractivity contribution is -1.11. The first kappa shape index (κ1) is 31.2. The lowest BCUT2D eigenvalue weighted by Gasteiger charge is -2.41. The Morgan fingerprint density at radius 3 is 0.906 bits per heavy atom. The van der Waals surface area contributed by atoms with Gasteiger partial charge in [0.25, 0.3) is 0 Å². The third-order valence-corrected chi connectivity index (χ3v) is 7.65. The van der Waals surface area contributed by atoms with E-state index in [1.807, 2.05) is 0 Å². The van der Waals surface area contributed by atoms with Crippen molar-refractivity contribution in [2.75, 3.05) is 85.8 Å². The Labute approximate surface area is 198 Å². The number of methoxy groups -OCH3 is 1. The van der Waals surface area contributed by atoms with Crippen LogP contribution in [0.2, 0.25) is 0 Å². The van der Waals surface area contributed by atoms with Crippen molar-refractivity contribution < 1.29 is 38.0 Å². The summed E-state index contributed by atoms with van der Waals surface area (Å²) in [5, 5.41) is 0. The van der Waals surface area contributed by atoms with Crippen LogP contribution in [0.15, 0.2) is 0 Å². The van der Waals surface area contributed by atoms with Crippen LogP contribution in [0.4, 0.5) is 0 Å². The van der Waals surface area contributed by atoms with E-state index in [0.717, 1.165) is 58.9 Å². The van der Waals surface area contributed by atoms with Crippen molar-refractivity contribution in [2.45, 2.75) is 62.3 Å². The summed E-state index contributed by atoms with van der Waals surface area (Å²) in [6.45, 7) is 27.0. The van der Waals surface area contributed by atoms with Crippen LogP contribution in [0.25, 0.3) is 0 Å². The average molecular weight is 465 g/mol. The molecular weight excluding hydrogens is 410 g/mol. The lowest BCUT2D eigenvalue weighted by atomic mass is 9.91. The highest BCUT2D eigenvalue weighted by molar-refractivity contribution is 5.77. The standard InChI is InChI=1S/C24H54N3O5/c1-11-25(12-2,13-3)30-20-24(23(28)29-10,21-31-26(14-4,15-5)16-6)22-32-27(17-7,18-8)19-9/h11-22H2,1-10H3/q+3. The maximum absolute atomic E-state index is 13.3. The van der Waals surface area contributed by atoms with Crippen molar-refractivity contribution in [3.8, 4) is 0 Å². The van der Waals surface area contributed by atoms with Crippen LogP contribution < -0.4 is 0 Å². The van der Waals surface area contributed by atoms with E-state index in [9.17, 15) is 4.79 Å². The Kier molecular flexibility index (Phi) is 14.1. The summed E-state index contributed by atoms with van der Waals surface area (Å²) in [4.78, 5) is 32.7. The fourth-order valence-electron chi connectivity index (χ4n) is 4.13. The Morgan fingerprint density at radius 2 is 0.750 bits per heavy atom. The van der Waals surface area contributed by atoms with E-state index < -0.39 is 5.41 Å². The second kappa shape index (κ2) is 14.5. The van der Waals surface area contributed by atoms with Gasteiger partial charge in [-0.2, -0.15) is 13.9 Å². The highest BCUT2D eigenvalue weighted by Gasteiger charge is 2.49. The molecule has 0 aromatic carbocycles. The minimum absolute atomic E-state index is 0.184. The monoisotopic (exact) mass is 464 g/mol. The number of hydroxylamine groups is 9. The van der Waals surface area contributed by atoms with Gasteiger partial charge in [0.05, 0.1) is 7.11 Å². The molecule has 0 N–H and O–H groups in total. The zero-order chi connectivity index (χ0) is 24.9. The highest BCUT2D eigenvalue weighted by atomic mass is 16.7. The quantitative estimate of drug-likeness (QED) is 0.166. The topological polar surface area (TPSA) is 54.0 Å². The van der Waals surface area contributed by atoms with E-state index in [4.69, 9.17) is 19.2 Å². The van der Waals surface area contributed by atoms with Crippen molar-refractivity contribution in [1.82, 2.24) is 0 Å². The first-order valence-electron chi connectivity index (χ1n) is 12.8. The first-order chi connectivity index (χ1) is 15.1. The molecule has 0 amide bonds. The number of carbonyl (C=O) groups excluding carboxylic acids is 1. The SMILES string of the molecule is CC[N+](CC)(CC)OCC(CO[N+](CC)(CC)CC)(CO[N+](CC)(CC)CC)C(=O)OC. The van der Waals surface area contributed by atoms with Crippen molar-refractivity contribution in [1.29, 1.82) is 0 Å². The molecule has 0 saturated heterocycles. The second-order valence-electron chi connectivity index (χ2n) is 8.61. The predicted molar refractivity (Wildman–Crippen MR) is 128 cm³/mol. The smallest absolute Gasteiger partial charge is 0.319 e. The number of rotatable bonds is 19. The Balaban J connectivity index is 6.15. The molecule has 0 aliphatic heterocycles. The number of esters is 1. The van der Waals surface area contributed by atoms with Crippen molar-refractivity contribution in [3.05, 3.63) is 0 Å². The molecule has 0 rings (SSSR count). The second-order valence-corrected chi connectivity index (χ2v) is 8.61. The number of quaternary nitrogens is 3. The molecule has 0 aromatic heterocycles. The van der Waals surface area contributed by atoms with E-state index in [2.05, 4.69) is 62.3 Å². The zero-order valence-electron chi connectivity index (χ0n) is 22.9. The molecule has 0 spiro atoms. The Bertz CT molecular complexity index is 433. The summed E-state index contributed by atoms with van der Waals surface area (Å²) in [6, 6.07) is 0. The van der Waals surface area contributed by atoms with Crippen LogP contribution in [0.3, 0.4) is 0 Å². The van der Waals surface area contributed by atoms with Gasteiger partial charge in [0.1, 0.15) is 78.7 Å². The zero-order valence-corrected chi connectivity index (χ0v) is 22.9. The first-order valence-corrected chi connectivity index (χ1v) is 12.8. The minimum atomic E-state index is -1.05. The molecule has 0 radical (unpaired) electrons. The maximum atomic E-state index is 13.3. The molecule has 0 aliphatic rings. The molecule has 0 heterocycles. The van der Waals surface area contributed by atoms with Crippen molar-refractivity contribution in [3.63, 3.8) is 0 Å². The maximum Gasteiger partial charge on any atom is 0.319 e. The van der Waals surface area contributed by atoms with E-state index in [1.165, 1.54) is 7.11 Å².